The lowest BCUT2D eigenvalue weighted by atomic mass is 9.64. The number of rotatable bonds is 1. The van der Waals surface area contributed by atoms with Crippen molar-refractivity contribution >= 4 is 5.69 Å². The maximum atomic E-state index is 2.89. The van der Waals surface area contributed by atoms with Crippen LogP contribution in [0.2, 0.25) is 0 Å². The van der Waals surface area contributed by atoms with Gasteiger partial charge in [0.25, 0.3) is 0 Å². The van der Waals surface area contributed by atoms with Crippen molar-refractivity contribution < 1.29 is 0 Å². The predicted molar refractivity (Wildman–Crippen MR) is 91.5 cm³/mol. The SMILES string of the molecule is CCC12CCCN3CC[C@H]4c5ccccc5N(C)C4(CC1)[C@@H]32. The highest BCUT2D eigenvalue weighted by Crippen LogP contribution is 2.66. The van der Waals surface area contributed by atoms with E-state index >= 15 is 0 Å². The Morgan fingerprint density at radius 2 is 2.00 bits per heavy atom. The number of anilines is 1. The van der Waals surface area contributed by atoms with Crippen LogP contribution in [0.15, 0.2) is 24.3 Å². The Labute approximate surface area is 134 Å². The zero-order valence-corrected chi connectivity index (χ0v) is 14.0. The minimum Gasteiger partial charge on any atom is -0.366 e. The fourth-order valence-electron chi connectivity index (χ4n) is 7.00. The maximum Gasteiger partial charge on any atom is 0.0629 e. The van der Waals surface area contributed by atoms with E-state index in [1.165, 1.54) is 57.3 Å². The number of piperidine rings is 2. The normalized spacial score (nSPS) is 42.9. The first-order chi connectivity index (χ1) is 10.7. The molecule has 3 heterocycles. The second-order valence-corrected chi connectivity index (χ2v) is 8.21. The molecule has 0 radical (unpaired) electrons. The average Bonchev–Trinajstić information content (AvgIpc) is 3.05. The maximum absolute atomic E-state index is 2.89. The zero-order chi connectivity index (χ0) is 14.9. The second kappa shape index (κ2) is 4.29. The van der Waals surface area contributed by atoms with Crippen LogP contribution < -0.4 is 4.90 Å². The molecule has 1 spiro atoms. The van der Waals surface area contributed by atoms with Crippen LogP contribution in [0.1, 0.15) is 56.9 Å². The highest BCUT2D eigenvalue weighted by molar-refractivity contribution is 5.65. The third kappa shape index (κ3) is 1.33. The second-order valence-electron chi connectivity index (χ2n) is 8.21. The van der Waals surface area contributed by atoms with Gasteiger partial charge in [-0.2, -0.15) is 0 Å². The Balaban J connectivity index is 1.70. The fourth-order valence-corrected chi connectivity index (χ4v) is 7.00. The molecule has 0 aromatic heterocycles. The van der Waals surface area contributed by atoms with Gasteiger partial charge in [0.05, 0.1) is 5.54 Å². The van der Waals surface area contributed by atoms with Crippen LogP contribution in [-0.2, 0) is 0 Å². The Morgan fingerprint density at radius 1 is 1.14 bits per heavy atom. The molecule has 2 saturated heterocycles. The molecule has 4 atom stereocenters. The van der Waals surface area contributed by atoms with E-state index in [2.05, 4.69) is 48.0 Å². The van der Waals surface area contributed by atoms with Crippen molar-refractivity contribution in [2.24, 2.45) is 5.41 Å². The van der Waals surface area contributed by atoms with Crippen molar-refractivity contribution in [3.8, 4) is 0 Å². The van der Waals surface area contributed by atoms with Crippen LogP contribution in [0.3, 0.4) is 0 Å². The molecule has 4 aliphatic rings. The summed E-state index contributed by atoms with van der Waals surface area (Å²) in [5.41, 5.74) is 4.14. The molecule has 0 bridgehead atoms. The zero-order valence-electron chi connectivity index (χ0n) is 14.0. The van der Waals surface area contributed by atoms with Gasteiger partial charge >= 0.3 is 0 Å². The summed E-state index contributed by atoms with van der Waals surface area (Å²) in [5.74, 6) is 0.765. The first-order valence-corrected chi connectivity index (χ1v) is 9.30. The van der Waals surface area contributed by atoms with Gasteiger partial charge < -0.3 is 4.90 Å². The monoisotopic (exact) mass is 296 g/mol. The van der Waals surface area contributed by atoms with Gasteiger partial charge in [0.2, 0.25) is 0 Å². The van der Waals surface area contributed by atoms with Crippen LogP contribution in [0.4, 0.5) is 5.69 Å². The number of para-hydroxylation sites is 1. The Bertz CT molecular complexity index is 611. The largest absolute Gasteiger partial charge is 0.366 e. The quantitative estimate of drug-likeness (QED) is 0.772. The predicted octanol–water partition coefficient (Wildman–Crippen LogP) is 4.02. The van der Waals surface area contributed by atoms with Gasteiger partial charge in [0.1, 0.15) is 0 Å². The van der Waals surface area contributed by atoms with E-state index in [9.17, 15) is 0 Å². The molecule has 22 heavy (non-hydrogen) atoms. The topological polar surface area (TPSA) is 6.48 Å². The number of benzene rings is 1. The highest BCUT2D eigenvalue weighted by atomic mass is 15.3. The number of hydrogen-bond donors (Lipinski definition) is 0. The fraction of sp³-hybridized carbons (Fsp3) is 0.700. The van der Waals surface area contributed by atoms with Crippen molar-refractivity contribution in [2.75, 3.05) is 25.0 Å². The Kier molecular flexibility index (Phi) is 2.61. The summed E-state index contributed by atoms with van der Waals surface area (Å²) in [6.45, 7) is 5.11. The standard InChI is InChI=1S/C20H28N2/c1-3-19-10-6-13-22-14-9-16-15-7-4-5-8-17(15)21(2)20(16,12-11-19)18(19)22/h4-5,7-8,16,18H,3,6,9-14H2,1-2H3/t16-,18-,19?,20?/m0/s1. The summed E-state index contributed by atoms with van der Waals surface area (Å²) in [4.78, 5) is 5.60. The van der Waals surface area contributed by atoms with E-state index in [0.29, 0.717) is 11.0 Å². The summed E-state index contributed by atoms with van der Waals surface area (Å²) in [6.07, 6.45) is 8.45. The smallest absolute Gasteiger partial charge is 0.0629 e. The van der Waals surface area contributed by atoms with Crippen LogP contribution in [0, 0.1) is 5.41 Å². The molecule has 0 amide bonds. The molecule has 1 aromatic rings. The first-order valence-electron chi connectivity index (χ1n) is 9.30. The first kappa shape index (κ1) is 13.4. The van der Waals surface area contributed by atoms with Gasteiger partial charge in [0, 0.05) is 24.7 Å². The van der Waals surface area contributed by atoms with Crippen LogP contribution in [0.25, 0.3) is 0 Å². The van der Waals surface area contributed by atoms with E-state index in [0.717, 1.165) is 12.0 Å². The summed E-state index contributed by atoms with van der Waals surface area (Å²) in [6, 6.07) is 10.0. The van der Waals surface area contributed by atoms with Gasteiger partial charge in [0.15, 0.2) is 0 Å². The minimum atomic E-state index is 0.387. The van der Waals surface area contributed by atoms with E-state index in [-0.39, 0.29) is 0 Å². The number of nitrogens with zero attached hydrogens (tertiary/aromatic N) is 2. The molecule has 1 aromatic carbocycles. The molecule has 2 unspecified atom stereocenters. The molecule has 0 N–H and O–H groups in total. The molecule has 3 fully saturated rings. The number of fused-ring (bicyclic) bond motifs is 2. The van der Waals surface area contributed by atoms with Crippen LogP contribution >= 0.6 is 0 Å². The molecular weight excluding hydrogens is 268 g/mol. The van der Waals surface area contributed by atoms with E-state index in [1.54, 1.807) is 5.56 Å². The third-order valence-corrected chi connectivity index (χ3v) is 7.87. The van der Waals surface area contributed by atoms with Crippen LogP contribution in [-0.4, -0.2) is 36.6 Å². The van der Waals surface area contributed by atoms with Crippen molar-refractivity contribution in [3.63, 3.8) is 0 Å². The summed E-state index contributed by atoms with van der Waals surface area (Å²) < 4.78 is 0. The van der Waals surface area contributed by atoms with Crippen LogP contribution in [0.5, 0.6) is 0 Å². The van der Waals surface area contributed by atoms with Crippen molar-refractivity contribution in [2.45, 2.75) is 62.9 Å². The van der Waals surface area contributed by atoms with Crippen molar-refractivity contribution in [1.29, 1.82) is 0 Å². The lowest BCUT2D eigenvalue weighted by Crippen LogP contribution is -2.67. The van der Waals surface area contributed by atoms with Gasteiger partial charge in [-0.1, -0.05) is 25.1 Å². The summed E-state index contributed by atoms with van der Waals surface area (Å²) in [5, 5.41) is 0. The van der Waals surface area contributed by atoms with Gasteiger partial charge in [-0.05, 0) is 68.7 Å². The highest BCUT2D eigenvalue weighted by Gasteiger charge is 2.67. The van der Waals surface area contributed by atoms with Crippen molar-refractivity contribution in [3.05, 3.63) is 29.8 Å². The molecular formula is C20H28N2. The van der Waals surface area contributed by atoms with E-state index in [4.69, 9.17) is 0 Å². The number of hydrogen-bond acceptors (Lipinski definition) is 2. The number of likely N-dealkylation sites (N-methyl/N-ethyl adjacent to an activating group) is 1. The Morgan fingerprint density at radius 3 is 2.86 bits per heavy atom. The van der Waals surface area contributed by atoms with Crippen molar-refractivity contribution in [1.82, 2.24) is 4.90 Å². The molecule has 2 heteroatoms. The van der Waals surface area contributed by atoms with E-state index in [1.807, 2.05) is 0 Å². The molecule has 5 rings (SSSR count). The van der Waals surface area contributed by atoms with Gasteiger partial charge in [-0.15, -0.1) is 0 Å². The minimum absolute atomic E-state index is 0.387. The molecule has 118 valence electrons. The lowest BCUT2D eigenvalue weighted by molar-refractivity contribution is -0.0264. The molecule has 3 aliphatic heterocycles. The summed E-state index contributed by atoms with van der Waals surface area (Å²) >= 11 is 0. The molecule has 2 nitrogen and oxygen atoms in total. The Hall–Kier alpha value is -1.02. The average molecular weight is 296 g/mol. The molecule has 1 saturated carbocycles. The van der Waals surface area contributed by atoms with Gasteiger partial charge in [-0.3, -0.25) is 4.90 Å². The van der Waals surface area contributed by atoms with E-state index < -0.39 is 0 Å². The van der Waals surface area contributed by atoms with Gasteiger partial charge in [-0.25, -0.2) is 0 Å². The molecule has 1 aliphatic carbocycles. The summed E-state index contributed by atoms with van der Waals surface area (Å²) in [7, 11) is 2.39. The third-order valence-electron chi connectivity index (χ3n) is 7.87. The lowest BCUT2D eigenvalue weighted by Gasteiger charge is -2.58.